The van der Waals surface area contributed by atoms with Gasteiger partial charge in [0.2, 0.25) is 0 Å². The van der Waals surface area contributed by atoms with E-state index >= 15 is 0 Å². The lowest BCUT2D eigenvalue weighted by molar-refractivity contribution is 0.0283. The number of hydrogen-bond acceptors (Lipinski definition) is 2. The van der Waals surface area contributed by atoms with Crippen molar-refractivity contribution in [3.63, 3.8) is 0 Å². The van der Waals surface area contributed by atoms with Gasteiger partial charge in [-0.3, -0.25) is 0 Å². The van der Waals surface area contributed by atoms with Gasteiger partial charge in [-0.1, -0.05) is 6.42 Å². The topological polar surface area (TPSA) is 38.3 Å². The molecule has 1 aliphatic heterocycles. The quantitative estimate of drug-likeness (QED) is 0.574. The van der Waals surface area contributed by atoms with Crippen LogP contribution in [-0.4, -0.2) is 17.7 Å². The lowest BCUT2D eigenvalue weighted by Gasteiger charge is -2.32. The van der Waals surface area contributed by atoms with Crippen molar-refractivity contribution in [2.75, 3.05) is 0 Å². The molecule has 11 heavy (non-hydrogen) atoms. The van der Waals surface area contributed by atoms with E-state index in [4.69, 9.17) is 4.74 Å². The summed E-state index contributed by atoms with van der Waals surface area (Å²) in [5, 5.41) is 2.84. The van der Waals surface area contributed by atoms with Crippen LogP contribution >= 0.6 is 0 Å². The minimum atomic E-state index is -0.237. The summed E-state index contributed by atoms with van der Waals surface area (Å²) < 4.78 is 5.20. The Kier molecular flexibility index (Phi) is 1.34. The zero-order valence-corrected chi connectivity index (χ0v) is 6.72. The van der Waals surface area contributed by atoms with Gasteiger partial charge in [0.25, 0.3) is 0 Å². The Morgan fingerprint density at radius 3 is 3.18 bits per heavy atom. The molecule has 62 valence electrons. The second-order valence-corrected chi connectivity index (χ2v) is 3.64. The Morgan fingerprint density at radius 1 is 1.64 bits per heavy atom. The second kappa shape index (κ2) is 2.13. The molecule has 2 aliphatic rings. The van der Waals surface area contributed by atoms with Gasteiger partial charge in [0.05, 0.1) is 6.04 Å². The SMILES string of the molecule is C[C@@]12CCCC[C@H]1NC(=O)O2. The molecule has 3 heteroatoms. The molecule has 0 aromatic rings. The molecule has 1 N–H and O–H groups in total. The van der Waals surface area contributed by atoms with Crippen LogP contribution in [0.5, 0.6) is 0 Å². The molecule has 0 spiro atoms. The molecule has 1 aliphatic carbocycles. The van der Waals surface area contributed by atoms with Crippen LogP contribution in [0.4, 0.5) is 4.79 Å². The maximum absolute atomic E-state index is 10.9. The first-order valence-electron chi connectivity index (χ1n) is 4.20. The molecule has 2 rings (SSSR count). The Morgan fingerprint density at radius 2 is 2.45 bits per heavy atom. The van der Waals surface area contributed by atoms with Crippen molar-refractivity contribution in [2.45, 2.75) is 44.2 Å². The van der Waals surface area contributed by atoms with Crippen molar-refractivity contribution in [1.82, 2.24) is 5.32 Å². The van der Waals surface area contributed by atoms with Crippen molar-refractivity contribution in [1.29, 1.82) is 0 Å². The first kappa shape index (κ1) is 6.95. The monoisotopic (exact) mass is 155 g/mol. The third-order valence-electron chi connectivity index (χ3n) is 2.77. The van der Waals surface area contributed by atoms with Gasteiger partial charge in [-0.05, 0) is 26.2 Å². The number of hydrogen-bond donors (Lipinski definition) is 1. The normalized spacial score (nSPS) is 42.6. The summed E-state index contributed by atoms with van der Waals surface area (Å²) in [7, 11) is 0. The average molecular weight is 155 g/mol. The molecule has 0 radical (unpaired) electrons. The van der Waals surface area contributed by atoms with E-state index < -0.39 is 0 Å². The van der Waals surface area contributed by atoms with Crippen LogP contribution in [0, 0.1) is 0 Å². The van der Waals surface area contributed by atoms with Gasteiger partial charge in [0.15, 0.2) is 0 Å². The number of carbonyl (C=O) groups excluding carboxylic acids is 1. The number of ether oxygens (including phenoxy) is 1. The highest BCUT2D eigenvalue weighted by Crippen LogP contribution is 2.34. The summed E-state index contributed by atoms with van der Waals surface area (Å²) in [6.07, 6.45) is 4.24. The number of fused-ring (bicyclic) bond motifs is 1. The second-order valence-electron chi connectivity index (χ2n) is 3.64. The summed E-state index contributed by atoms with van der Waals surface area (Å²) in [6, 6.07) is 0.267. The lowest BCUT2D eigenvalue weighted by atomic mass is 9.82. The first-order chi connectivity index (χ1) is 5.21. The smallest absolute Gasteiger partial charge is 0.408 e. The Bertz CT molecular complexity index is 193. The van der Waals surface area contributed by atoms with Crippen LogP contribution in [0.25, 0.3) is 0 Å². The average Bonchev–Trinajstić information content (AvgIpc) is 2.22. The highest BCUT2D eigenvalue weighted by molar-refractivity contribution is 5.71. The van der Waals surface area contributed by atoms with Crippen LogP contribution < -0.4 is 5.32 Å². The Labute approximate surface area is 66.1 Å². The molecule has 1 saturated heterocycles. The zero-order valence-electron chi connectivity index (χ0n) is 6.72. The van der Waals surface area contributed by atoms with Crippen LogP contribution in [0.2, 0.25) is 0 Å². The summed E-state index contributed by atoms with van der Waals surface area (Å²) in [4.78, 5) is 10.9. The summed E-state index contributed by atoms with van der Waals surface area (Å²) in [6.45, 7) is 2.02. The van der Waals surface area contributed by atoms with Crippen molar-refractivity contribution in [3.05, 3.63) is 0 Å². The maximum atomic E-state index is 10.9. The highest BCUT2D eigenvalue weighted by Gasteiger charge is 2.46. The van der Waals surface area contributed by atoms with E-state index in [1.807, 2.05) is 6.92 Å². The standard InChI is InChI=1S/C8H13NO2/c1-8-5-3-2-4-6(8)9-7(10)11-8/h6H,2-5H2,1H3,(H,9,10)/t6-,8-/m1/s1. The number of alkyl carbamates (subject to hydrolysis) is 1. The molecule has 0 aromatic carbocycles. The molecule has 0 unspecified atom stereocenters. The van der Waals surface area contributed by atoms with Crippen molar-refractivity contribution in [3.8, 4) is 0 Å². The third kappa shape index (κ3) is 0.988. The summed E-state index contributed by atoms with van der Waals surface area (Å²) in [5.41, 5.74) is -0.199. The predicted molar refractivity (Wildman–Crippen MR) is 40.3 cm³/mol. The van der Waals surface area contributed by atoms with Gasteiger partial charge >= 0.3 is 6.09 Å². The minimum Gasteiger partial charge on any atom is -0.441 e. The predicted octanol–water partition coefficient (Wildman–Crippen LogP) is 1.43. The van der Waals surface area contributed by atoms with E-state index in [1.165, 1.54) is 12.8 Å². The molecule has 2 atom stereocenters. The molecule has 1 saturated carbocycles. The molecule has 2 fully saturated rings. The van der Waals surface area contributed by atoms with E-state index in [0.717, 1.165) is 12.8 Å². The third-order valence-corrected chi connectivity index (χ3v) is 2.77. The summed E-state index contributed by atoms with van der Waals surface area (Å²) >= 11 is 0. The van der Waals surface area contributed by atoms with Gasteiger partial charge in [0.1, 0.15) is 5.60 Å². The van der Waals surface area contributed by atoms with Gasteiger partial charge in [-0.25, -0.2) is 4.79 Å². The van der Waals surface area contributed by atoms with Crippen molar-refractivity contribution in [2.24, 2.45) is 0 Å². The van der Waals surface area contributed by atoms with Crippen molar-refractivity contribution >= 4 is 6.09 Å². The van der Waals surface area contributed by atoms with Gasteiger partial charge in [-0.15, -0.1) is 0 Å². The fraction of sp³-hybridized carbons (Fsp3) is 0.875. The van der Waals surface area contributed by atoms with Crippen LogP contribution in [0.3, 0.4) is 0 Å². The van der Waals surface area contributed by atoms with Gasteiger partial charge < -0.3 is 10.1 Å². The van der Waals surface area contributed by atoms with Gasteiger partial charge in [0, 0.05) is 0 Å². The Hall–Kier alpha value is -0.730. The molecule has 1 heterocycles. The molecule has 0 bridgehead atoms. The van der Waals surface area contributed by atoms with E-state index in [9.17, 15) is 4.79 Å². The zero-order chi connectivity index (χ0) is 7.90. The van der Waals surface area contributed by atoms with E-state index in [-0.39, 0.29) is 17.7 Å². The van der Waals surface area contributed by atoms with Crippen LogP contribution in [0.15, 0.2) is 0 Å². The van der Waals surface area contributed by atoms with Crippen molar-refractivity contribution < 1.29 is 9.53 Å². The number of amides is 1. The highest BCUT2D eigenvalue weighted by atomic mass is 16.6. The Balaban J connectivity index is 2.17. The van der Waals surface area contributed by atoms with Gasteiger partial charge in [-0.2, -0.15) is 0 Å². The summed E-state index contributed by atoms with van der Waals surface area (Å²) in [5.74, 6) is 0. The number of rotatable bonds is 0. The maximum Gasteiger partial charge on any atom is 0.408 e. The minimum absolute atomic E-state index is 0.199. The number of nitrogens with one attached hydrogen (secondary N) is 1. The lowest BCUT2D eigenvalue weighted by Crippen LogP contribution is -2.43. The number of carbonyl (C=O) groups is 1. The molecule has 1 amide bonds. The molecular formula is C8H13NO2. The fourth-order valence-electron chi connectivity index (χ4n) is 2.03. The molecular weight excluding hydrogens is 142 g/mol. The van der Waals surface area contributed by atoms with E-state index in [2.05, 4.69) is 5.32 Å². The van der Waals surface area contributed by atoms with E-state index in [1.54, 1.807) is 0 Å². The largest absolute Gasteiger partial charge is 0.441 e. The molecule has 3 nitrogen and oxygen atoms in total. The fourth-order valence-corrected chi connectivity index (χ4v) is 2.03. The van der Waals surface area contributed by atoms with Crippen LogP contribution in [0.1, 0.15) is 32.6 Å². The van der Waals surface area contributed by atoms with E-state index in [0.29, 0.717) is 0 Å². The first-order valence-corrected chi connectivity index (χ1v) is 4.20. The molecule has 0 aromatic heterocycles. The van der Waals surface area contributed by atoms with Crippen LogP contribution in [-0.2, 0) is 4.74 Å².